The van der Waals surface area contributed by atoms with E-state index in [1.807, 2.05) is 56.3 Å². The Hall–Kier alpha value is -2.66. The van der Waals surface area contributed by atoms with E-state index in [1.54, 1.807) is 0 Å². The highest BCUT2D eigenvalue weighted by Crippen LogP contribution is 2.25. The second-order valence-electron chi connectivity index (χ2n) is 6.29. The normalized spacial score (nSPS) is 12.3. The highest BCUT2D eigenvalue weighted by atomic mass is 16.3. The summed E-state index contributed by atoms with van der Waals surface area (Å²) in [5.74, 6) is 0.798. The Morgan fingerprint density at radius 1 is 1.24 bits per heavy atom. The Balaban J connectivity index is 2.05. The second kappa shape index (κ2) is 7.07. The molecule has 1 heterocycles. The van der Waals surface area contributed by atoms with Gasteiger partial charge in [0.05, 0.1) is 23.7 Å². The average molecular weight is 337 g/mol. The molecule has 0 fully saturated rings. The molecule has 0 saturated heterocycles. The predicted molar refractivity (Wildman–Crippen MR) is 98.8 cm³/mol. The summed E-state index contributed by atoms with van der Waals surface area (Å²) in [7, 11) is 0. The molecule has 1 amide bonds. The van der Waals surface area contributed by atoms with Gasteiger partial charge >= 0.3 is 0 Å². The predicted octanol–water partition coefficient (Wildman–Crippen LogP) is 3.07. The third-order valence-electron chi connectivity index (χ3n) is 4.36. The van der Waals surface area contributed by atoms with Gasteiger partial charge in [-0.1, -0.05) is 24.3 Å². The molecule has 3 aromatic rings. The standard InChI is InChI=1S/C20H23N3O2/c1-13-5-4-6-18-20(13)22-19(11-12-24)23(18)17-9-7-16(8-10-17)14(2)21-15(3)25/h4-10,14,24H,11-12H2,1-3H3,(H,21,25)/t14-/m0/s1. The van der Waals surface area contributed by atoms with Crippen molar-refractivity contribution in [2.24, 2.45) is 0 Å². The van der Waals surface area contributed by atoms with Crippen molar-refractivity contribution in [1.29, 1.82) is 0 Å². The number of hydrogen-bond donors (Lipinski definition) is 2. The minimum Gasteiger partial charge on any atom is -0.396 e. The quantitative estimate of drug-likeness (QED) is 0.752. The largest absolute Gasteiger partial charge is 0.396 e. The van der Waals surface area contributed by atoms with Gasteiger partial charge in [0.2, 0.25) is 5.91 Å². The van der Waals surface area contributed by atoms with E-state index < -0.39 is 0 Å². The van der Waals surface area contributed by atoms with Gasteiger partial charge in [0.25, 0.3) is 0 Å². The summed E-state index contributed by atoms with van der Waals surface area (Å²) in [5.41, 5.74) is 5.15. The smallest absolute Gasteiger partial charge is 0.217 e. The van der Waals surface area contributed by atoms with Gasteiger partial charge in [0.1, 0.15) is 5.82 Å². The molecular weight excluding hydrogens is 314 g/mol. The number of hydrogen-bond acceptors (Lipinski definition) is 3. The van der Waals surface area contributed by atoms with Crippen LogP contribution in [-0.4, -0.2) is 27.2 Å². The molecule has 0 aliphatic rings. The topological polar surface area (TPSA) is 67.2 Å². The van der Waals surface area contributed by atoms with Crippen molar-refractivity contribution in [2.75, 3.05) is 6.61 Å². The van der Waals surface area contributed by atoms with E-state index in [9.17, 15) is 9.90 Å². The van der Waals surface area contributed by atoms with Gasteiger partial charge in [-0.05, 0) is 43.2 Å². The molecular formula is C20H23N3O2. The van der Waals surface area contributed by atoms with Crippen molar-refractivity contribution in [2.45, 2.75) is 33.2 Å². The minimum atomic E-state index is -0.0436. The number of aryl methyl sites for hydroxylation is 1. The Kier molecular flexibility index (Phi) is 4.86. The lowest BCUT2D eigenvalue weighted by atomic mass is 10.1. The van der Waals surface area contributed by atoms with Gasteiger partial charge < -0.3 is 10.4 Å². The molecule has 0 bridgehead atoms. The Bertz CT molecular complexity index is 897. The molecule has 0 radical (unpaired) electrons. The van der Waals surface area contributed by atoms with E-state index in [4.69, 9.17) is 4.98 Å². The fraction of sp³-hybridized carbons (Fsp3) is 0.300. The number of nitrogens with one attached hydrogen (secondary N) is 1. The van der Waals surface area contributed by atoms with Gasteiger partial charge in [0.15, 0.2) is 0 Å². The maximum absolute atomic E-state index is 11.2. The van der Waals surface area contributed by atoms with Crippen LogP contribution in [0.15, 0.2) is 42.5 Å². The molecule has 0 spiro atoms. The fourth-order valence-corrected chi connectivity index (χ4v) is 3.14. The molecule has 0 aliphatic carbocycles. The van der Waals surface area contributed by atoms with Gasteiger partial charge in [-0.15, -0.1) is 0 Å². The number of imidazole rings is 1. The molecule has 5 nitrogen and oxygen atoms in total. The van der Waals surface area contributed by atoms with Gasteiger partial charge in [-0.3, -0.25) is 9.36 Å². The van der Waals surface area contributed by atoms with Crippen LogP contribution in [0, 0.1) is 6.92 Å². The molecule has 1 aromatic heterocycles. The first-order valence-corrected chi connectivity index (χ1v) is 8.46. The zero-order valence-electron chi connectivity index (χ0n) is 14.8. The second-order valence-corrected chi connectivity index (χ2v) is 6.29. The number of carbonyl (C=O) groups excluding carboxylic acids is 1. The van der Waals surface area contributed by atoms with Crippen molar-refractivity contribution in [3.8, 4) is 5.69 Å². The summed E-state index contributed by atoms with van der Waals surface area (Å²) in [6, 6.07) is 14.2. The summed E-state index contributed by atoms with van der Waals surface area (Å²) in [5, 5.41) is 12.3. The Labute approximate surface area is 147 Å². The molecule has 130 valence electrons. The zero-order chi connectivity index (χ0) is 18.0. The van der Waals surface area contributed by atoms with Crippen molar-refractivity contribution in [3.63, 3.8) is 0 Å². The van der Waals surface area contributed by atoms with Crippen LogP contribution in [0.1, 0.15) is 36.8 Å². The van der Waals surface area contributed by atoms with E-state index in [-0.39, 0.29) is 18.6 Å². The van der Waals surface area contributed by atoms with Crippen LogP contribution < -0.4 is 5.32 Å². The molecule has 1 atom stereocenters. The monoisotopic (exact) mass is 337 g/mol. The molecule has 2 N–H and O–H groups in total. The van der Waals surface area contributed by atoms with E-state index in [1.165, 1.54) is 6.92 Å². The van der Waals surface area contributed by atoms with Crippen LogP contribution >= 0.6 is 0 Å². The zero-order valence-corrected chi connectivity index (χ0v) is 14.8. The molecule has 25 heavy (non-hydrogen) atoms. The van der Waals surface area contributed by atoms with Crippen molar-refractivity contribution in [3.05, 3.63) is 59.4 Å². The third kappa shape index (κ3) is 3.42. The third-order valence-corrected chi connectivity index (χ3v) is 4.36. The lowest BCUT2D eigenvalue weighted by Gasteiger charge is -2.14. The van der Waals surface area contributed by atoms with Gasteiger partial charge in [-0.2, -0.15) is 0 Å². The van der Waals surface area contributed by atoms with E-state index >= 15 is 0 Å². The van der Waals surface area contributed by atoms with Crippen molar-refractivity contribution < 1.29 is 9.90 Å². The Morgan fingerprint density at radius 3 is 2.60 bits per heavy atom. The number of amides is 1. The van der Waals surface area contributed by atoms with Crippen LogP contribution in [0.2, 0.25) is 0 Å². The van der Waals surface area contributed by atoms with Crippen LogP contribution in [-0.2, 0) is 11.2 Å². The number of aliphatic hydroxyl groups is 1. The van der Waals surface area contributed by atoms with Gasteiger partial charge in [-0.25, -0.2) is 4.98 Å². The number of rotatable bonds is 5. The lowest BCUT2D eigenvalue weighted by molar-refractivity contribution is -0.119. The molecule has 0 aliphatic heterocycles. The lowest BCUT2D eigenvalue weighted by Crippen LogP contribution is -2.23. The number of carbonyl (C=O) groups is 1. The maximum Gasteiger partial charge on any atom is 0.217 e. The molecule has 0 saturated carbocycles. The van der Waals surface area contributed by atoms with Crippen LogP contribution in [0.3, 0.4) is 0 Å². The number of aromatic nitrogens is 2. The highest BCUT2D eigenvalue weighted by molar-refractivity contribution is 5.81. The fourth-order valence-electron chi connectivity index (χ4n) is 3.14. The van der Waals surface area contributed by atoms with Gasteiger partial charge in [0, 0.05) is 19.0 Å². The summed E-state index contributed by atoms with van der Waals surface area (Å²) in [4.78, 5) is 16.0. The molecule has 2 aromatic carbocycles. The number of nitrogens with zero attached hydrogens (tertiary/aromatic N) is 2. The average Bonchev–Trinajstić information content (AvgIpc) is 2.94. The molecule has 5 heteroatoms. The van der Waals surface area contributed by atoms with Crippen LogP contribution in [0.25, 0.3) is 16.7 Å². The van der Waals surface area contributed by atoms with Crippen molar-refractivity contribution >= 4 is 16.9 Å². The maximum atomic E-state index is 11.2. The van der Waals surface area contributed by atoms with E-state index in [0.29, 0.717) is 6.42 Å². The number of fused-ring (bicyclic) bond motifs is 1. The SMILES string of the molecule is CC(=O)N[C@@H](C)c1ccc(-n2c(CCO)nc3c(C)cccc32)cc1. The van der Waals surface area contributed by atoms with E-state index in [2.05, 4.69) is 9.88 Å². The number of aliphatic hydroxyl groups excluding tert-OH is 1. The first-order valence-electron chi connectivity index (χ1n) is 8.46. The number of benzene rings is 2. The Morgan fingerprint density at radius 2 is 1.96 bits per heavy atom. The summed E-state index contributed by atoms with van der Waals surface area (Å²) >= 11 is 0. The molecule has 0 unspecified atom stereocenters. The summed E-state index contributed by atoms with van der Waals surface area (Å²) in [6.45, 7) is 5.58. The number of para-hydroxylation sites is 1. The summed E-state index contributed by atoms with van der Waals surface area (Å²) in [6.07, 6.45) is 0.498. The minimum absolute atomic E-state index is 0.0368. The summed E-state index contributed by atoms with van der Waals surface area (Å²) < 4.78 is 2.09. The highest BCUT2D eigenvalue weighted by Gasteiger charge is 2.14. The van der Waals surface area contributed by atoms with Crippen LogP contribution in [0.5, 0.6) is 0 Å². The van der Waals surface area contributed by atoms with Crippen LogP contribution in [0.4, 0.5) is 0 Å². The first-order chi connectivity index (χ1) is 12.0. The van der Waals surface area contributed by atoms with Crippen molar-refractivity contribution in [1.82, 2.24) is 14.9 Å². The molecule has 3 rings (SSSR count). The first kappa shape index (κ1) is 17.2. The van der Waals surface area contributed by atoms with E-state index in [0.717, 1.165) is 33.7 Å².